The van der Waals surface area contributed by atoms with Gasteiger partial charge in [0.1, 0.15) is 22.3 Å². The lowest BCUT2D eigenvalue weighted by Crippen LogP contribution is -2.13. The van der Waals surface area contributed by atoms with Gasteiger partial charge in [0.25, 0.3) is 0 Å². The molecule has 21 heavy (non-hydrogen) atoms. The van der Waals surface area contributed by atoms with Crippen LogP contribution in [-0.4, -0.2) is 6.54 Å². The number of hydrogen-bond acceptors (Lipinski definition) is 2. The predicted molar refractivity (Wildman–Crippen MR) is 84.9 cm³/mol. The summed E-state index contributed by atoms with van der Waals surface area (Å²) in [5.41, 5.74) is 0.816. The molecule has 0 aliphatic rings. The summed E-state index contributed by atoms with van der Waals surface area (Å²) in [6, 6.07) is 9.67. The second-order valence-corrected chi connectivity index (χ2v) is 5.41. The van der Waals surface area contributed by atoms with Gasteiger partial charge in [-0.2, -0.15) is 0 Å². The Hall–Kier alpha value is -1.29. The Morgan fingerprint density at radius 2 is 2.00 bits per heavy atom. The predicted octanol–water partition coefficient (Wildman–Crippen LogP) is 5.42. The molecular weight excluding hydrogens is 312 g/mol. The molecular formula is C16H16Cl2FNO. The highest BCUT2D eigenvalue weighted by atomic mass is 35.5. The van der Waals surface area contributed by atoms with Crippen LogP contribution < -0.4 is 10.1 Å². The Morgan fingerprint density at radius 1 is 1.19 bits per heavy atom. The molecule has 2 aromatic rings. The lowest BCUT2D eigenvalue weighted by molar-refractivity contribution is 0.475. The zero-order valence-electron chi connectivity index (χ0n) is 11.6. The molecule has 5 heteroatoms. The third-order valence-electron chi connectivity index (χ3n) is 2.83. The number of rotatable bonds is 6. The van der Waals surface area contributed by atoms with Crippen LogP contribution in [-0.2, 0) is 6.54 Å². The summed E-state index contributed by atoms with van der Waals surface area (Å²) in [5, 5.41) is 3.93. The summed E-state index contributed by atoms with van der Waals surface area (Å²) in [4.78, 5) is 0. The van der Waals surface area contributed by atoms with E-state index >= 15 is 0 Å². The fourth-order valence-corrected chi connectivity index (χ4v) is 2.21. The van der Waals surface area contributed by atoms with Crippen LogP contribution in [0.1, 0.15) is 18.9 Å². The maximum absolute atomic E-state index is 13.7. The van der Waals surface area contributed by atoms with E-state index in [1.165, 1.54) is 12.1 Å². The van der Waals surface area contributed by atoms with Crippen molar-refractivity contribution in [2.45, 2.75) is 19.9 Å². The molecule has 2 rings (SSSR count). The van der Waals surface area contributed by atoms with E-state index in [-0.39, 0.29) is 5.82 Å². The summed E-state index contributed by atoms with van der Waals surface area (Å²) in [6.07, 6.45) is 1.02. The van der Waals surface area contributed by atoms with Crippen molar-refractivity contribution in [3.8, 4) is 11.5 Å². The Kier molecular flexibility index (Phi) is 5.85. The number of halogens is 3. The molecule has 0 saturated carbocycles. The third kappa shape index (κ3) is 4.60. The lowest BCUT2D eigenvalue weighted by Gasteiger charge is -2.10. The quantitative estimate of drug-likeness (QED) is 0.715. The molecule has 0 fully saturated rings. The van der Waals surface area contributed by atoms with Crippen molar-refractivity contribution in [1.29, 1.82) is 0 Å². The maximum Gasteiger partial charge on any atom is 0.147 e. The fourth-order valence-electron chi connectivity index (χ4n) is 1.88. The monoisotopic (exact) mass is 327 g/mol. The van der Waals surface area contributed by atoms with Gasteiger partial charge in [0.15, 0.2) is 0 Å². The summed E-state index contributed by atoms with van der Waals surface area (Å²) >= 11 is 12.0. The smallest absolute Gasteiger partial charge is 0.147 e. The Labute approximate surface area is 133 Å². The van der Waals surface area contributed by atoms with E-state index in [0.717, 1.165) is 18.5 Å². The molecule has 0 unspecified atom stereocenters. The van der Waals surface area contributed by atoms with E-state index in [0.29, 0.717) is 28.1 Å². The molecule has 0 heterocycles. The average Bonchev–Trinajstić information content (AvgIpc) is 2.44. The van der Waals surface area contributed by atoms with Crippen LogP contribution in [0.3, 0.4) is 0 Å². The van der Waals surface area contributed by atoms with Gasteiger partial charge in [0.05, 0.1) is 5.02 Å². The molecule has 0 bridgehead atoms. The highest BCUT2D eigenvalue weighted by molar-refractivity contribution is 6.42. The molecule has 0 atom stereocenters. The Morgan fingerprint density at radius 3 is 2.76 bits per heavy atom. The molecule has 0 aliphatic heterocycles. The first-order valence-corrected chi connectivity index (χ1v) is 7.47. The van der Waals surface area contributed by atoms with Crippen LogP contribution in [0.15, 0.2) is 36.4 Å². The summed E-state index contributed by atoms with van der Waals surface area (Å²) < 4.78 is 19.3. The van der Waals surface area contributed by atoms with Gasteiger partial charge >= 0.3 is 0 Å². The third-order valence-corrected chi connectivity index (χ3v) is 3.63. The van der Waals surface area contributed by atoms with Crippen molar-refractivity contribution in [3.63, 3.8) is 0 Å². The number of hydrogen-bond donors (Lipinski definition) is 1. The van der Waals surface area contributed by atoms with Gasteiger partial charge in [-0.05, 0) is 42.8 Å². The van der Waals surface area contributed by atoms with Gasteiger partial charge < -0.3 is 10.1 Å². The first kappa shape index (κ1) is 16.1. The lowest BCUT2D eigenvalue weighted by atomic mass is 10.2. The van der Waals surface area contributed by atoms with Gasteiger partial charge in [-0.1, -0.05) is 36.2 Å². The number of benzene rings is 2. The fraction of sp³-hybridized carbons (Fsp3) is 0.250. The highest BCUT2D eigenvalue weighted by Crippen LogP contribution is 2.35. The minimum Gasteiger partial charge on any atom is -0.456 e. The van der Waals surface area contributed by atoms with Crippen LogP contribution in [0.4, 0.5) is 4.39 Å². The van der Waals surface area contributed by atoms with Crippen LogP contribution in [0.2, 0.25) is 10.0 Å². The average molecular weight is 328 g/mol. The SMILES string of the molecule is CCCNCc1cc(F)cc(Oc2cccc(Cl)c2Cl)c1. The largest absolute Gasteiger partial charge is 0.456 e. The normalized spacial score (nSPS) is 10.7. The maximum atomic E-state index is 13.7. The van der Waals surface area contributed by atoms with Crippen molar-refractivity contribution < 1.29 is 9.13 Å². The van der Waals surface area contributed by atoms with Crippen LogP contribution in [0, 0.1) is 5.82 Å². The molecule has 0 radical (unpaired) electrons. The first-order chi connectivity index (χ1) is 10.1. The highest BCUT2D eigenvalue weighted by Gasteiger charge is 2.08. The molecule has 112 valence electrons. The van der Waals surface area contributed by atoms with Crippen molar-refractivity contribution >= 4 is 23.2 Å². The molecule has 2 nitrogen and oxygen atoms in total. The van der Waals surface area contributed by atoms with Gasteiger partial charge in [-0.15, -0.1) is 0 Å². The summed E-state index contributed by atoms with van der Waals surface area (Å²) in [6.45, 7) is 3.55. The number of nitrogens with one attached hydrogen (secondary N) is 1. The second kappa shape index (κ2) is 7.64. The number of ether oxygens (including phenoxy) is 1. The van der Waals surface area contributed by atoms with Crippen molar-refractivity contribution in [2.75, 3.05) is 6.54 Å². The summed E-state index contributed by atoms with van der Waals surface area (Å²) in [7, 11) is 0. The second-order valence-electron chi connectivity index (χ2n) is 4.63. The van der Waals surface area contributed by atoms with E-state index in [9.17, 15) is 4.39 Å². The molecule has 0 amide bonds. The van der Waals surface area contributed by atoms with E-state index in [4.69, 9.17) is 27.9 Å². The summed E-state index contributed by atoms with van der Waals surface area (Å²) in [5.74, 6) is 0.452. The van der Waals surface area contributed by atoms with E-state index in [1.807, 2.05) is 0 Å². The van der Waals surface area contributed by atoms with E-state index in [1.54, 1.807) is 24.3 Å². The van der Waals surface area contributed by atoms with Crippen LogP contribution in [0.5, 0.6) is 11.5 Å². The van der Waals surface area contributed by atoms with Crippen LogP contribution >= 0.6 is 23.2 Å². The van der Waals surface area contributed by atoms with E-state index < -0.39 is 0 Å². The van der Waals surface area contributed by atoms with Gasteiger partial charge in [-0.25, -0.2) is 4.39 Å². The zero-order chi connectivity index (χ0) is 15.2. The molecule has 0 spiro atoms. The molecule has 0 aromatic heterocycles. The minimum absolute atomic E-state index is 0.314. The van der Waals surface area contributed by atoms with Crippen molar-refractivity contribution in [1.82, 2.24) is 5.32 Å². The molecule has 2 aromatic carbocycles. The first-order valence-electron chi connectivity index (χ1n) is 6.72. The Balaban J connectivity index is 2.17. The van der Waals surface area contributed by atoms with Crippen LogP contribution in [0.25, 0.3) is 0 Å². The van der Waals surface area contributed by atoms with Crippen molar-refractivity contribution in [2.24, 2.45) is 0 Å². The van der Waals surface area contributed by atoms with Crippen molar-refractivity contribution in [3.05, 3.63) is 57.8 Å². The minimum atomic E-state index is -0.348. The topological polar surface area (TPSA) is 21.3 Å². The molecule has 0 aliphatic carbocycles. The van der Waals surface area contributed by atoms with Gasteiger partial charge in [0.2, 0.25) is 0 Å². The molecule has 1 N–H and O–H groups in total. The van der Waals surface area contributed by atoms with Gasteiger partial charge in [-0.3, -0.25) is 0 Å². The zero-order valence-corrected chi connectivity index (χ0v) is 13.1. The standard InChI is InChI=1S/C16H16Cl2FNO/c1-2-6-20-10-11-7-12(19)9-13(8-11)21-15-5-3-4-14(17)16(15)18/h3-5,7-9,20H,2,6,10H2,1H3. The molecule has 0 saturated heterocycles. The Bertz CT molecular complexity index is 619. The van der Waals surface area contributed by atoms with Gasteiger partial charge in [0, 0.05) is 12.6 Å². The van der Waals surface area contributed by atoms with E-state index in [2.05, 4.69) is 12.2 Å².